The van der Waals surface area contributed by atoms with E-state index in [2.05, 4.69) is 10.6 Å². The Kier molecular flexibility index (Phi) is 6.36. The van der Waals surface area contributed by atoms with Crippen molar-refractivity contribution in [3.05, 3.63) is 59.0 Å². The molecule has 1 unspecified atom stereocenters. The van der Waals surface area contributed by atoms with E-state index in [1.165, 1.54) is 6.26 Å². The highest BCUT2D eigenvalue weighted by molar-refractivity contribution is 6.30. The van der Waals surface area contributed by atoms with Gasteiger partial charge in [-0.2, -0.15) is 0 Å². The number of nitrogens with one attached hydrogen (secondary N) is 2. The van der Waals surface area contributed by atoms with Gasteiger partial charge in [-0.05, 0) is 56.2 Å². The van der Waals surface area contributed by atoms with Crippen LogP contribution in [-0.2, 0) is 4.79 Å². The summed E-state index contributed by atoms with van der Waals surface area (Å²) in [5.41, 5.74) is 0.439. The zero-order valence-electron chi connectivity index (χ0n) is 15.5. The van der Waals surface area contributed by atoms with Crippen LogP contribution < -0.4 is 10.6 Å². The summed E-state index contributed by atoms with van der Waals surface area (Å²) in [6, 6.07) is 9.07. The summed E-state index contributed by atoms with van der Waals surface area (Å²) in [5, 5.41) is 6.16. The van der Waals surface area contributed by atoms with Crippen molar-refractivity contribution >= 4 is 29.3 Å². The van der Waals surface area contributed by atoms with E-state index in [4.69, 9.17) is 16.0 Å². The van der Waals surface area contributed by atoms with E-state index in [-0.39, 0.29) is 23.8 Å². The highest BCUT2D eigenvalue weighted by atomic mass is 35.5. The number of nitrogens with zero attached hydrogens (tertiary/aromatic N) is 1. The molecule has 0 bridgehead atoms. The Morgan fingerprint density at radius 2 is 1.82 bits per heavy atom. The second-order valence-corrected chi connectivity index (χ2v) is 7.19. The van der Waals surface area contributed by atoms with Crippen LogP contribution in [0.1, 0.15) is 40.7 Å². The Balaban J connectivity index is 1.45. The monoisotopic (exact) mass is 403 g/mol. The molecule has 1 saturated heterocycles. The maximum atomic E-state index is 12.4. The summed E-state index contributed by atoms with van der Waals surface area (Å²) >= 11 is 5.81. The molecule has 1 atom stereocenters. The zero-order valence-corrected chi connectivity index (χ0v) is 16.2. The molecule has 0 radical (unpaired) electrons. The summed E-state index contributed by atoms with van der Waals surface area (Å²) in [6.07, 6.45) is 2.77. The summed E-state index contributed by atoms with van der Waals surface area (Å²) in [6.45, 7) is 2.71. The maximum absolute atomic E-state index is 12.4. The summed E-state index contributed by atoms with van der Waals surface area (Å²) in [4.78, 5) is 38.6. The molecule has 1 aliphatic rings. The Morgan fingerprint density at radius 3 is 2.43 bits per heavy atom. The predicted molar refractivity (Wildman–Crippen MR) is 104 cm³/mol. The minimum absolute atomic E-state index is 0.0389. The van der Waals surface area contributed by atoms with Crippen molar-refractivity contribution in [3.63, 3.8) is 0 Å². The first-order chi connectivity index (χ1) is 13.4. The molecule has 2 heterocycles. The molecule has 7 nitrogen and oxygen atoms in total. The zero-order chi connectivity index (χ0) is 20.1. The van der Waals surface area contributed by atoms with E-state index in [1.807, 2.05) is 0 Å². The first-order valence-electron chi connectivity index (χ1n) is 9.13. The van der Waals surface area contributed by atoms with Crippen molar-refractivity contribution in [2.24, 2.45) is 0 Å². The van der Waals surface area contributed by atoms with Gasteiger partial charge in [0.2, 0.25) is 5.91 Å². The van der Waals surface area contributed by atoms with Crippen LogP contribution in [0.5, 0.6) is 0 Å². The molecule has 28 heavy (non-hydrogen) atoms. The molecule has 8 heteroatoms. The number of carbonyl (C=O) groups excluding carboxylic acids is 3. The van der Waals surface area contributed by atoms with Crippen molar-refractivity contribution in [3.8, 4) is 0 Å². The number of likely N-dealkylation sites (tertiary alicyclic amines) is 1. The smallest absolute Gasteiger partial charge is 0.289 e. The number of rotatable bonds is 5. The fourth-order valence-corrected chi connectivity index (χ4v) is 3.18. The van der Waals surface area contributed by atoms with Gasteiger partial charge in [0.15, 0.2) is 5.76 Å². The van der Waals surface area contributed by atoms with Gasteiger partial charge >= 0.3 is 0 Å². The van der Waals surface area contributed by atoms with Gasteiger partial charge in [-0.3, -0.25) is 14.4 Å². The van der Waals surface area contributed by atoms with E-state index in [0.29, 0.717) is 42.3 Å². The molecular weight excluding hydrogens is 382 g/mol. The third-order valence-corrected chi connectivity index (χ3v) is 4.96. The van der Waals surface area contributed by atoms with Gasteiger partial charge in [-0.15, -0.1) is 0 Å². The molecule has 3 rings (SSSR count). The fraction of sp³-hybridized carbons (Fsp3) is 0.350. The minimum atomic E-state index is -0.675. The van der Waals surface area contributed by atoms with Crippen molar-refractivity contribution in [2.75, 3.05) is 13.1 Å². The first-order valence-corrected chi connectivity index (χ1v) is 9.51. The van der Waals surface area contributed by atoms with Crippen molar-refractivity contribution in [1.82, 2.24) is 15.5 Å². The van der Waals surface area contributed by atoms with Gasteiger partial charge in [-0.1, -0.05) is 11.6 Å². The van der Waals surface area contributed by atoms with Gasteiger partial charge in [0.1, 0.15) is 6.04 Å². The average Bonchev–Trinajstić information content (AvgIpc) is 3.23. The van der Waals surface area contributed by atoms with Gasteiger partial charge in [0.25, 0.3) is 11.8 Å². The number of furan rings is 1. The lowest BCUT2D eigenvalue weighted by molar-refractivity contribution is -0.123. The maximum Gasteiger partial charge on any atom is 0.289 e. The third-order valence-electron chi connectivity index (χ3n) is 4.71. The summed E-state index contributed by atoms with van der Waals surface area (Å²) < 4.78 is 5.14. The largest absolute Gasteiger partial charge is 0.459 e. The van der Waals surface area contributed by atoms with Gasteiger partial charge < -0.3 is 20.0 Å². The average molecular weight is 404 g/mol. The lowest BCUT2D eigenvalue weighted by Crippen LogP contribution is -2.51. The lowest BCUT2D eigenvalue weighted by Gasteiger charge is -2.32. The Labute approximate surface area is 168 Å². The van der Waals surface area contributed by atoms with Crippen LogP contribution in [0.4, 0.5) is 0 Å². The number of carbonyl (C=O) groups is 3. The molecule has 2 aromatic rings. The number of hydrogen-bond acceptors (Lipinski definition) is 4. The number of piperidine rings is 1. The number of hydrogen-bond donors (Lipinski definition) is 2. The molecule has 1 aliphatic heterocycles. The molecule has 3 amide bonds. The predicted octanol–water partition coefficient (Wildman–Crippen LogP) is 2.47. The van der Waals surface area contributed by atoms with Crippen LogP contribution in [-0.4, -0.2) is 47.8 Å². The molecule has 0 aliphatic carbocycles. The van der Waals surface area contributed by atoms with Crippen LogP contribution >= 0.6 is 11.6 Å². The molecule has 148 valence electrons. The van der Waals surface area contributed by atoms with Gasteiger partial charge in [0, 0.05) is 29.7 Å². The van der Waals surface area contributed by atoms with Crippen molar-refractivity contribution < 1.29 is 18.8 Å². The molecule has 1 aromatic carbocycles. The van der Waals surface area contributed by atoms with Gasteiger partial charge in [0.05, 0.1) is 6.26 Å². The van der Waals surface area contributed by atoms with Crippen LogP contribution in [0.2, 0.25) is 5.02 Å². The first kappa shape index (κ1) is 19.9. The van der Waals surface area contributed by atoms with E-state index in [1.54, 1.807) is 48.2 Å². The Bertz CT molecular complexity index is 828. The van der Waals surface area contributed by atoms with Crippen molar-refractivity contribution in [1.29, 1.82) is 0 Å². The number of benzene rings is 1. The Morgan fingerprint density at radius 1 is 1.14 bits per heavy atom. The van der Waals surface area contributed by atoms with Crippen LogP contribution in [0.15, 0.2) is 47.1 Å². The summed E-state index contributed by atoms with van der Waals surface area (Å²) in [5.74, 6) is -0.407. The molecule has 1 aromatic heterocycles. The molecular formula is C20H22ClN3O4. The fourth-order valence-electron chi connectivity index (χ4n) is 3.06. The topological polar surface area (TPSA) is 91.7 Å². The highest BCUT2D eigenvalue weighted by Gasteiger charge is 2.27. The second-order valence-electron chi connectivity index (χ2n) is 6.75. The standard InChI is InChI=1S/C20H22ClN3O4/c1-13(22-19(26)14-4-6-15(21)7-5-14)18(25)23-16-8-10-24(11-9-16)20(27)17-3-2-12-28-17/h2-7,12-13,16H,8-11H2,1H3,(H,22,26)(H,23,25). The van der Waals surface area contributed by atoms with E-state index < -0.39 is 6.04 Å². The minimum Gasteiger partial charge on any atom is -0.459 e. The van der Waals surface area contributed by atoms with Crippen LogP contribution in [0.25, 0.3) is 0 Å². The van der Waals surface area contributed by atoms with Crippen LogP contribution in [0.3, 0.4) is 0 Å². The SMILES string of the molecule is CC(NC(=O)c1ccc(Cl)cc1)C(=O)NC1CCN(C(=O)c2ccco2)CC1. The molecule has 0 saturated carbocycles. The molecule has 1 fully saturated rings. The van der Waals surface area contributed by atoms with Crippen LogP contribution in [0, 0.1) is 0 Å². The molecule has 0 spiro atoms. The highest BCUT2D eigenvalue weighted by Crippen LogP contribution is 2.15. The normalized spacial score (nSPS) is 15.7. The van der Waals surface area contributed by atoms with E-state index >= 15 is 0 Å². The number of halogens is 1. The quantitative estimate of drug-likeness (QED) is 0.802. The summed E-state index contributed by atoms with van der Waals surface area (Å²) in [7, 11) is 0. The van der Waals surface area contributed by atoms with Crippen molar-refractivity contribution in [2.45, 2.75) is 31.8 Å². The second kappa shape index (κ2) is 8.93. The lowest BCUT2D eigenvalue weighted by atomic mass is 10.0. The molecule has 2 N–H and O–H groups in total. The van der Waals surface area contributed by atoms with Gasteiger partial charge in [-0.25, -0.2) is 0 Å². The Hall–Kier alpha value is -2.80. The van der Waals surface area contributed by atoms with E-state index in [9.17, 15) is 14.4 Å². The van der Waals surface area contributed by atoms with E-state index in [0.717, 1.165) is 0 Å². The number of amides is 3. The third kappa shape index (κ3) is 4.92.